The van der Waals surface area contributed by atoms with Crippen molar-refractivity contribution >= 4 is 29.2 Å². The number of amides is 1. The summed E-state index contributed by atoms with van der Waals surface area (Å²) in [6.45, 7) is 0. The molecule has 2 rings (SSSR count). The van der Waals surface area contributed by atoms with Gasteiger partial charge in [-0.05, 0) is 18.2 Å². The number of rotatable bonds is 3. The fourth-order valence-electron chi connectivity index (χ4n) is 1.36. The van der Waals surface area contributed by atoms with Crippen LogP contribution in [-0.2, 0) is 4.74 Å². The van der Waals surface area contributed by atoms with Crippen molar-refractivity contribution < 1.29 is 14.3 Å². The molecule has 2 aromatic rings. The molecule has 1 aromatic heterocycles. The minimum absolute atomic E-state index is 0.0412. The Morgan fingerprint density at radius 3 is 2.84 bits per heavy atom. The van der Waals surface area contributed by atoms with Crippen molar-refractivity contribution in [1.29, 1.82) is 0 Å². The minimum Gasteiger partial charge on any atom is -0.465 e. The molecule has 0 unspecified atom stereocenters. The van der Waals surface area contributed by atoms with E-state index in [2.05, 4.69) is 25.2 Å². The molecule has 0 fully saturated rings. The van der Waals surface area contributed by atoms with E-state index in [0.29, 0.717) is 5.02 Å². The third-order valence-corrected chi connectivity index (χ3v) is 2.60. The van der Waals surface area contributed by atoms with Crippen molar-refractivity contribution in [1.82, 2.24) is 15.2 Å². The van der Waals surface area contributed by atoms with Crippen LogP contribution in [0.25, 0.3) is 0 Å². The van der Waals surface area contributed by atoms with Crippen molar-refractivity contribution in [2.45, 2.75) is 0 Å². The summed E-state index contributed by atoms with van der Waals surface area (Å²) in [6.07, 6.45) is 1.21. The van der Waals surface area contributed by atoms with Crippen LogP contribution in [0.5, 0.6) is 0 Å². The van der Waals surface area contributed by atoms with E-state index in [-0.39, 0.29) is 17.1 Å². The van der Waals surface area contributed by atoms with Gasteiger partial charge >= 0.3 is 5.97 Å². The van der Waals surface area contributed by atoms with E-state index in [1.807, 2.05) is 0 Å². The molecular weight excluding hydrogens is 272 g/mol. The lowest BCUT2D eigenvalue weighted by atomic mass is 10.2. The van der Waals surface area contributed by atoms with E-state index in [1.54, 1.807) is 0 Å². The first-order valence-corrected chi connectivity index (χ1v) is 5.54. The molecular formula is C11H9ClN4O3. The zero-order chi connectivity index (χ0) is 13.8. The van der Waals surface area contributed by atoms with Crippen molar-refractivity contribution in [3.63, 3.8) is 0 Å². The zero-order valence-corrected chi connectivity index (χ0v) is 10.6. The standard InChI is InChI=1S/C11H9ClN4O3/c1-19-11(18)6-2-3-7(12)8(4-6)15-10(17)9-13-5-14-16-9/h2-5H,1H3,(H,15,17)(H,13,14,16). The Labute approximate surface area is 112 Å². The molecule has 0 radical (unpaired) electrons. The van der Waals surface area contributed by atoms with E-state index in [4.69, 9.17) is 11.6 Å². The van der Waals surface area contributed by atoms with E-state index in [0.717, 1.165) is 0 Å². The van der Waals surface area contributed by atoms with Gasteiger partial charge in [0.15, 0.2) is 0 Å². The van der Waals surface area contributed by atoms with Crippen LogP contribution in [0.2, 0.25) is 5.02 Å². The summed E-state index contributed by atoms with van der Waals surface area (Å²) >= 11 is 5.94. The lowest BCUT2D eigenvalue weighted by molar-refractivity contribution is 0.0600. The maximum atomic E-state index is 11.8. The van der Waals surface area contributed by atoms with Crippen molar-refractivity contribution in [3.8, 4) is 0 Å². The number of hydrogen-bond donors (Lipinski definition) is 2. The van der Waals surface area contributed by atoms with Crippen LogP contribution in [0.1, 0.15) is 21.0 Å². The average molecular weight is 281 g/mol. The highest BCUT2D eigenvalue weighted by molar-refractivity contribution is 6.34. The molecule has 0 bridgehead atoms. The number of anilines is 1. The Morgan fingerprint density at radius 2 is 2.21 bits per heavy atom. The monoisotopic (exact) mass is 280 g/mol. The quantitative estimate of drug-likeness (QED) is 0.830. The summed E-state index contributed by atoms with van der Waals surface area (Å²) in [5.41, 5.74) is 0.561. The van der Waals surface area contributed by atoms with Gasteiger partial charge in [-0.1, -0.05) is 11.6 Å². The highest BCUT2D eigenvalue weighted by Gasteiger charge is 2.13. The second-order valence-corrected chi connectivity index (χ2v) is 3.88. The van der Waals surface area contributed by atoms with Gasteiger partial charge in [0.25, 0.3) is 5.91 Å². The number of benzene rings is 1. The lowest BCUT2D eigenvalue weighted by Gasteiger charge is -2.07. The Bertz CT molecular complexity index is 612. The van der Waals surface area contributed by atoms with Gasteiger partial charge in [0.2, 0.25) is 5.82 Å². The molecule has 0 saturated carbocycles. The predicted octanol–water partition coefficient (Wildman–Crippen LogP) is 1.50. The minimum atomic E-state index is -0.521. The summed E-state index contributed by atoms with van der Waals surface area (Å²) in [6, 6.07) is 4.41. The number of nitrogens with one attached hydrogen (secondary N) is 2. The third-order valence-electron chi connectivity index (χ3n) is 2.27. The van der Waals surface area contributed by atoms with Gasteiger partial charge in [0.1, 0.15) is 6.33 Å². The van der Waals surface area contributed by atoms with Crippen LogP contribution < -0.4 is 5.32 Å². The molecule has 2 N–H and O–H groups in total. The van der Waals surface area contributed by atoms with Crippen molar-refractivity contribution in [2.75, 3.05) is 12.4 Å². The highest BCUT2D eigenvalue weighted by atomic mass is 35.5. The first-order valence-electron chi connectivity index (χ1n) is 5.16. The number of nitrogens with zero attached hydrogens (tertiary/aromatic N) is 2. The van der Waals surface area contributed by atoms with E-state index < -0.39 is 11.9 Å². The van der Waals surface area contributed by atoms with Crippen molar-refractivity contribution in [3.05, 3.63) is 40.9 Å². The Kier molecular flexibility index (Phi) is 3.76. The SMILES string of the molecule is COC(=O)c1ccc(Cl)c(NC(=O)c2ncn[nH]2)c1. The van der Waals surface area contributed by atoms with Crippen LogP contribution in [0, 0.1) is 0 Å². The molecule has 8 heteroatoms. The first kappa shape index (κ1) is 13.0. The Hall–Kier alpha value is -2.41. The van der Waals surface area contributed by atoms with Crippen LogP contribution in [0.3, 0.4) is 0 Å². The molecule has 98 valence electrons. The molecule has 0 aliphatic rings. The van der Waals surface area contributed by atoms with Gasteiger partial charge < -0.3 is 10.1 Å². The number of ether oxygens (including phenoxy) is 1. The molecule has 1 amide bonds. The van der Waals surface area contributed by atoms with Crippen molar-refractivity contribution in [2.24, 2.45) is 0 Å². The average Bonchev–Trinajstić information content (AvgIpc) is 2.94. The number of methoxy groups -OCH3 is 1. The maximum absolute atomic E-state index is 11.8. The number of esters is 1. The van der Waals surface area contributed by atoms with Gasteiger partial charge in [-0.3, -0.25) is 9.89 Å². The number of carbonyl (C=O) groups excluding carboxylic acids is 2. The molecule has 19 heavy (non-hydrogen) atoms. The third kappa shape index (κ3) is 2.89. The van der Waals surface area contributed by atoms with Gasteiger partial charge in [-0.2, -0.15) is 5.10 Å². The number of carbonyl (C=O) groups is 2. The summed E-state index contributed by atoms with van der Waals surface area (Å²) in [4.78, 5) is 26.8. The Balaban J connectivity index is 2.24. The van der Waals surface area contributed by atoms with Gasteiger partial charge in [0.05, 0.1) is 23.4 Å². The summed E-state index contributed by atoms with van der Waals surface area (Å²) in [7, 11) is 1.27. The first-order chi connectivity index (χ1) is 9.11. The molecule has 1 heterocycles. The highest BCUT2D eigenvalue weighted by Crippen LogP contribution is 2.23. The fourth-order valence-corrected chi connectivity index (χ4v) is 1.53. The second kappa shape index (κ2) is 5.49. The summed E-state index contributed by atoms with van der Waals surface area (Å²) in [5, 5.41) is 8.79. The van der Waals surface area contributed by atoms with Gasteiger partial charge in [0, 0.05) is 0 Å². The molecule has 0 spiro atoms. The fraction of sp³-hybridized carbons (Fsp3) is 0.0909. The van der Waals surface area contributed by atoms with Crippen LogP contribution in [0.4, 0.5) is 5.69 Å². The van der Waals surface area contributed by atoms with E-state index in [1.165, 1.54) is 31.6 Å². The van der Waals surface area contributed by atoms with Crippen LogP contribution in [-0.4, -0.2) is 34.2 Å². The molecule has 0 atom stereocenters. The van der Waals surface area contributed by atoms with E-state index in [9.17, 15) is 9.59 Å². The summed E-state index contributed by atoms with van der Waals surface area (Å²) < 4.78 is 4.59. The smallest absolute Gasteiger partial charge is 0.337 e. The van der Waals surface area contributed by atoms with E-state index >= 15 is 0 Å². The number of aromatic nitrogens is 3. The van der Waals surface area contributed by atoms with Crippen LogP contribution in [0.15, 0.2) is 24.5 Å². The topological polar surface area (TPSA) is 97.0 Å². The van der Waals surface area contributed by atoms with Crippen LogP contribution >= 0.6 is 11.6 Å². The molecule has 0 aliphatic heterocycles. The van der Waals surface area contributed by atoms with Gasteiger partial charge in [-0.25, -0.2) is 9.78 Å². The maximum Gasteiger partial charge on any atom is 0.337 e. The number of halogens is 1. The molecule has 0 saturated heterocycles. The number of hydrogen-bond acceptors (Lipinski definition) is 5. The molecule has 0 aliphatic carbocycles. The molecule has 7 nitrogen and oxygen atoms in total. The normalized spacial score (nSPS) is 10.0. The van der Waals surface area contributed by atoms with Gasteiger partial charge in [-0.15, -0.1) is 0 Å². The lowest BCUT2D eigenvalue weighted by Crippen LogP contribution is -2.14. The number of aromatic amines is 1. The second-order valence-electron chi connectivity index (χ2n) is 3.47. The largest absolute Gasteiger partial charge is 0.465 e. The Morgan fingerprint density at radius 1 is 1.42 bits per heavy atom. The number of H-pyrrole nitrogens is 1. The predicted molar refractivity (Wildman–Crippen MR) is 67.1 cm³/mol. The molecule has 1 aromatic carbocycles. The summed E-state index contributed by atoms with van der Waals surface area (Å²) in [5.74, 6) is -0.993. The zero-order valence-electron chi connectivity index (χ0n) is 9.81.